The van der Waals surface area contributed by atoms with Crippen molar-refractivity contribution in [2.24, 2.45) is 5.73 Å². The Morgan fingerprint density at radius 1 is 1.40 bits per heavy atom. The lowest BCUT2D eigenvalue weighted by Crippen LogP contribution is -2.36. The van der Waals surface area contributed by atoms with E-state index in [-0.39, 0.29) is 0 Å². The molecule has 2 rings (SSSR count). The fourth-order valence-corrected chi connectivity index (χ4v) is 1.48. The van der Waals surface area contributed by atoms with Gasteiger partial charge in [0.1, 0.15) is 12.4 Å². The highest BCUT2D eigenvalue weighted by atomic mass is 16.5. The monoisotopic (exact) mass is 209 g/mol. The van der Waals surface area contributed by atoms with Gasteiger partial charge in [-0.2, -0.15) is 0 Å². The van der Waals surface area contributed by atoms with Gasteiger partial charge in [-0.25, -0.2) is 0 Å². The Labute approximate surface area is 90.8 Å². The van der Waals surface area contributed by atoms with Gasteiger partial charge < -0.3 is 21.1 Å². The van der Waals surface area contributed by atoms with Gasteiger partial charge in [0.05, 0.1) is 18.9 Å². The lowest BCUT2D eigenvalue weighted by molar-refractivity contribution is 0.308. The largest absolute Gasteiger partial charge is 0.489 e. The average molecular weight is 209 g/mol. The van der Waals surface area contributed by atoms with Crippen molar-refractivity contribution >= 4 is 11.4 Å². The number of nitrogens with zero attached hydrogens (tertiary/aromatic N) is 1. The maximum absolute atomic E-state index is 5.64. The molecular weight excluding hydrogens is 190 g/mol. The Morgan fingerprint density at radius 3 is 2.80 bits per heavy atom. The second-order valence-electron chi connectivity index (χ2n) is 3.02. The second kappa shape index (κ2) is 5.46. The second-order valence-corrected chi connectivity index (χ2v) is 3.02. The normalized spacial score (nSPS) is 13.4. The summed E-state index contributed by atoms with van der Waals surface area (Å²) in [5, 5.41) is 0. The van der Waals surface area contributed by atoms with Crippen molar-refractivity contribution in [2.45, 2.75) is 13.8 Å². The molecule has 4 heteroatoms. The minimum Gasteiger partial charge on any atom is -0.489 e. The van der Waals surface area contributed by atoms with Crippen LogP contribution in [0, 0.1) is 0 Å². The van der Waals surface area contributed by atoms with Gasteiger partial charge in [0.2, 0.25) is 0 Å². The third-order valence-corrected chi connectivity index (χ3v) is 2.16. The van der Waals surface area contributed by atoms with Gasteiger partial charge in [-0.3, -0.25) is 0 Å². The highest BCUT2D eigenvalue weighted by molar-refractivity contribution is 5.64. The summed E-state index contributed by atoms with van der Waals surface area (Å²) in [5.41, 5.74) is 13.0. The molecule has 0 unspecified atom stereocenters. The van der Waals surface area contributed by atoms with Crippen LogP contribution in [0.3, 0.4) is 0 Å². The summed E-state index contributed by atoms with van der Waals surface area (Å²) >= 11 is 0. The van der Waals surface area contributed by atoms with Gasteiger partial charge in [0.25, 0.3) is 0 Å². The molecule has 0 amide bonds. The zero-order chi connectivity index (χ0) is 11.3. The Balaban J connectivity index is 0.000000531. The van der Waals surface area contributed by atoms with E-state index < -0.39 is 0 Å². The number of anilines is 2. The SMILES string of the molecule is CC.NCN1CCOc2cc(N)ccc21. The fourth-order valence-electron chi connectivity index (χ4n) is 1.48. The molecule has 0 fully saturated rings. The smallest absolute Gasteiger partial charge is 0.144 e. The molecule has 0 atom stereocenters. The van der Waals surface area contributed by atoms with Gasteiger partial charge >= 0.3 is 0 Å². The molecule has 0 radical (unpaired) electrons. The Bertz CT molecular complexity index is 315. The standard InChI is InChI=1S/C9H13N3O.C2H6/c10-6-12-3-4-13-9-5-7(11)1-2-8(9)12;1-2/h1-2,5H,3-4,6,10-11H2;1-2H3. The first-order valence-corrected chi connectivity index (χ1v) is 5.28. The van der Waals surface area contributed by atoms with E-state index in [4.69, 9.17) is 16.2 Å². The molecule has 0 spiro atoms. The first-order valence-electron chi connectivity index (χ1n) is 5.28. The molecule has 84 valence electrons. The van der Waals surface area contributed by atoms with Gasteiger partial charge in [0.15, 0.2) is 0 Å². The Hall–Kier alpha value is -1.42. The molecule has 0 saturated carbocycles. The van der Waals surface area contributed by atoms with E-state index in [0.717, 1.165) is 23.7 Å². The maximum Gasteiger partial charge on any atom is 0.144 e. The van der Waals surface area contributed by atoms with E-state index in [0.29, 0.717) is 13.3 Å². The van der Waals surface area contributed by atoms with Crippen LogP contribution in [0.1, 0.15) is 13.8 Å². The Morgan fingerprint density at radius 2 is 2.13 bits per heavy atom. The van der Waals surface area contributed by atoms with Crippen LogP contribution in [0.5, 0.6) is 5.75 Å². The number of benzene rings is 1. The number of nitrogen functional groups attached to an aromatic ring is 1. The molecule has 1 aliphatic heterocycles. The lowest BCUT2D eigenvalue weighted by Gasteiger charge is -2.29. The summed E-state index contributed by atoms with van der Waals surface area (Å²) in [6.07, 6.45) is 0. The van der Waals surface area contributed by atoms with Gasteiger partial charge in [-0.15, -0.1) is 0 Å². The van der Waals surface area contributed by atoms with E-state index in [2.05, 4.69) is 4.90 Å². The summed E-state index contributed by atoms with van der Waals surface area (Å²) in [4.78, 5) is 2.07. The molecule has 15 heavy (non-hydrogen) atoms. The molecule has 0 aliphatic carbocycles. The summed E-state index contributed by atoms with van der Waals surface area (Å²) in [5.74, 6) is 0.830. The van der Waals surface area contributed by atoms with Crippen molar-refractivity contribution in [3.63, 3.8) is 0 Å². The van der Waals surface area contributed by atoms with Crippen molar-refractivity contribution in [1.29, 1.82) is 0 Å². The number of ether oxygens (including phenoxy) is 1. The molecule has 4 N–H and O–H groups in total. The van der Waals surface area contributed by atoms with Crippen molar-refractivity contribution < 1.29 is 4.74 Å². The minimum atomic E-state index is 0.514. The van der Waals surface area contributed by atoms with Crippen LogP contribution in [0.25, 0.3) is 0 Å². The molecule has 0 saturated heterocycles. The van der Waals surface area contributed by atoms with Crippen molar-refractivity contribution in [2.75, 3.05) is 30.5 Å². The van der Waals surface area contributed by atoms with Crippen molar-refractivity contribution in [3.05, 3.63) is 18.2 Å². The molecule has 1 heterocycles. The quantitative estimate of drug-likeness (QED) is 0.686. The van der Waals surface area contributed by atoms with Crippen molar-refractivity contribution in [3.8, 4) is 5.75 Å². The van der Waals surface area contributed by atoms with Gasteiger partial charge in [-0.1, -0.05) is 13.8 Å². The van der Waals surface area contributed by atoms with Crippen molar-refractivity contribution in [1.82, 2.24) is 0 Å². The number of rotatable bonds is 1. The van der Waals surface area contributed by atoms with Crippen LogP contribution in [0.2, 0.25) is 0 Å². The Kier molecular flexibility index (Phi) is 4.24. The molecular formula is C11H19N3O. The zero-order valence-corrected chi connectivity index (χ0v) is 9.36. The van der Waals surface area contributed by atoms with Crippen LogP contribution >= 0.6 is 0 Å². The third-order valence-electron chi connectivity index (χ3n) is 2.16. The van der Waals surface area contributed by atoms with E-state index in [1.165, 1.54) is 0 Å². The highest BCUT2D eigenvalue weighted by Crippen LogP contribution is 2.32. The first-order chi connectivity index (χ1) is 7.31. The summed E-state index contributed by atoms with van der Waals surface area (Å²) in [6.45, 7) is 6.03. The number of hydrogen-bond acceptors (Lipinski definition) is 4. The minimum absolute atomic E-state index is 0.514. The average Bonchev–Trinajstić information content (AvgIpc) is 2.30. The number of nitrogens with two attached hydrogens (primary N) is 2. The summed E-state index contributed by atoms with van der Waals surface area (Å²) in [6, 6.07) is 5.63. The van der Waals surface area contributed by atoms with Gasteiger partial charge in [-0.05, 0) is 12.1 Å². The molecule has 1 aliphatic rings. The van der Waals surface area contributed by atoms with E-state index in [9.17, 15) is 0 Å². The molecule has 0 aromatic heterocycles. The first kappa shape index (κ1) is 11.7. The molecule has 4 nitrogen and oxygen atoms in total. The predicted molar refractivity (Wildman–Crippen MR) is 64.1 cm³/mol. The topological polar surface area (TPSA) is 64.5 Å². The number of hydrogen-bond donors (Lipinski definition) is 2. The van der Waals surface area contributed by atoms with Gasteiger partial charge in [0, 0.05) is 11.8 Å². The molecule has 1 aromatic rings. The van der Waals surface area contributed by atoms with Crippen LogP contribution in [0.15, 0.2) is 18.2 Å². The van der Waals surface area contributed by atoms with Crippen LogP contribution in [-0.2, 0) is 0 Å². The molecule has 0 bridgehead atoms. The lowest BCUT2D eigenvalue weighted by atomic mass is 10.2. The van der Waals surface area contributed by atoms with Crippen LogP contribution in [0.4, 0.5) is 11.4 Å². The summed E-state index contributed by atoms with van der Waals surface area (Å²) in [7, 11) is 0. The third kappa shape index (κ3) is 2.53. The number of fused-ring (bicyclic) bond motifs is 1. The van der Waals surface area contributed by atoms with E-state index in [1.54, 1.807) is 0 Å². The maximum atomic E-state index is 5.64. The van der Waals surface area contributed by atoms with Crippen LogP contribution < -0.4 is 21.1 Å². The summed E-state index contributed by atoms with van der Waals surface area (Å²) < 4.78 is 5.46. The van der Waals surface area contributed by atoms with E-state index in [1.807, 2.05) is 32.0 Å². The zero-order valence-electron chi connectivity index (χ0n) is 9.36. The molecule has 1 aromatic carbocycles. The predicted octanol–water partition coefficient (Wildman–Crippen LogP) is 1.41. The van der Waals surface area contributed by atoms with E-state index >= 15 is 0 Å². The van der Waals surface area contributed by atoms with Crippen LogP contribution in [-0.4, -0.2) is 19.8 Å². The highest BCUT2D eigenvalue weighted by Gasteiger charge is 2.16. The fraction of sp³-hybridized carbons (Fsp3) is 0.455.